The first-order valence-corrected chi connectivity index (χ1v) is 26.5. The van der Waals surface area contributed by atoms with E-state index in [0.717, 1.165) is 98.3 Å². The lowest BCUT2D eigenvalue weighted by atomic mass is 9.62. The van der Waals surface area contributed by atoms with E-state index in [1.165, 1.54) is 116 Å². The first-order chi connectivity index (χ1) is 26.3. The fraction of sp³-hybridized carbons (Fsp3) is 1.00. The minimum absolute atomic E-state index is 0.561. The van der Waals surface area contributed by atoms with Gasteiger partial charge in [0.15, 0.2) is 0 Å². The molecule has 53 heavy (non-hydrogen) atoms. The molecule has 12 aliphatic rings. The van der Waals surface area contributed by atoms with Gasteiger partial charge in [0, 0.05) is 45.0 Å². The van der Waals surface area contributed by atoms with Crippen molar-refractivity contribution in [3.8, 4) is 0 Å². The summed E-state index contributed by atoms with van der Waals surface area (Å²) in [5, 5.41) is 4.11. The second-order valence-electron chi connectivity index (χ2n) is 21.8. The van der Waals surface area contributed by atoms with E-state index in [9.17, 15) is 0 Å². The van der Waals surface area contributed by atoms with Gasteiger partial charge < -0.3 is 9.47 Å². The molecule has 0 aromatic carbocycles. The number of fused-ring (bicyclic) bond motifs is 13. The first-order valence-electron chi connectivity index (χ1n) is 24.7. The molecule has 4 aliphatic heterocycles. The largest absolute Gasteiger partial charge is 0.374 e. The fourth-order valence-corrected chi connectivity index (χ4v) is 22.8. The van der Waals surface area contributed by atoms with Crippen LogP contribution < -0.4 is 0 Å². The molecule has 4 heterocycles. The molecule has 8 aliphatic carbocycles. The Labute approximate surface area is 332 Å². The SMILES string of the molecule is C1CCC2C(C1)OC1CC(N(C3CCC(C4CCCC5C6CCC7SC8CCCCC8C7C6SC45)CC3)C3CCCC4OC5CCCCC5C43)CCC12. The van der Waals surface area contributed by atoms with E-state index >= 15 is 0 Å². The van der Waals surface area contributed by atoms with Gasteiger partial charge in [-0.1, -0.05) is 44.9 Å². The maximum atomic E-state index is 7.07. The van der Waals surface area contributed by atoms with Crippen molar-refractivity contribution >= 4 is 23.5 Å². The highest BCUT2D eigenvalue weighted by Gasteiger charge is 2.60. The minimum Gasteiger partial charge on any atom is -0.374 e. The topological polar surface area (TPSA) is 21.7 Å². The average Bonchev–Trinajstić information content (AvgIpc) is 3.98. The van der Waals surface area contributed by atoms with Crippen molar-refractivity contribution in [1.29, 1.82) is 0 Å². The molecule has 0 aromatic heterocycles. The van der Waals surface area contributed by atoms with Crippen LogP contribution in [0.25, 0.3) is 0 Å². The Morgan fingerprint density at radius 1 is 0.358 bits per heavy atom. The Bertz CT molecular complexity index is 1300. The summed E-state index contributed by atoms with van der Waals surface area (Å²) in [7, 11) is 0. The number of nitrogens with zero attached hydrogens (tertiary/aromatic N) is 1. The van der Waals surface area contributed by atoms with Crippen LogP contribution in [-0.4, -0.2) is 68.4 Å². The van der Waals surface area contributed by atoms with Crippen LogP contribution in [0.4, 0.5) is 0 Å². The second-order valence-corrected chi connectivity index (χ2v) is 24.7. The summed E-state index contributed by atoms with van der Waals surface area (Å²) < 4.78 is 14.1. The molecule has 3 nitrogen and oxygen atoms in total. The summed E-state index contributed by atoms with van der Waals surface area (Å²) in [5.74, 6) is 9.79. The van der Waals surface area contributed by atoms with Crippen LogP contribution in [0.3, 0.4) is 0 Å². The summed E-state index contributed by atoms with van der Waals surface area (Å²) in [6.45, 7) is 0. The molecule has 0 aromatic rings. The molecule has 0 radical (unpaired) electrons. The predicted octanol–water partition coefficient (Wildman–Crippen LogP) is 11.7. The van der Waals surface area contributed by atoms with Gasteiger partial charge in [0.25, 0.3) is 0 Å². The summed E-state index contributed by atoms with van der Waals surface area (Å²) in [4.78, 5) is 3.34. The molecule has 12 fully saturated rings. The van der Waals surface area contributed by atoms with Crippen molar-refractivity contribution in [3.63, 3.8) is 0 Å². The van der Waals surface area contributed by atoms with Gasteiger partial charge in [-0.15, -0.1) is 0 Å². The van der Waals surface area contributed by atoms with E-state index in [0.29, 0.717) is 24.4 Å². The van der Waals surface area contributed by atoms with Crippen LogP contribution in [0.5, 0.6) is 0 Å². The Morgan fingerprint density at radius 2 is 0.981 bits per heavy atom. The quantitative estimate of drug-likeness (QED) is 0.284. The van der Waals surface area contributed by atoms with Crippen LogP contribution in [0, 0.1) is 59.2 Å². The van der Waals surface area contributed by atoms with Gasteiger partial charge in [-0.05, 0) is 182 Å². The average molecular weight is 762 g/mol. The van der Waals surface area contributed by atoms with Crippen LogP contribution >= 0.6 is 23.5 Å². The lowest BCUT2D eigenvalue weighted by Gasteiger charge is -2.53. The lowest BCUT2D eigenvalue weighted by Crippen LogP contribution is -2.58. The molecule has 296 valence electrons. The van der Waals surface area contributed by atoms with E-state index in [1.807, 2.05) is 0 Å². The van der Waals surface area contributed by atoms with Gasteiger partial charge in [-0.3, -0.25) is 4.90 Å². The number of ether oxygens (including phenoxy) is 2. The van der Waals surface area contributed by atoms with Crippen molar-refractivity contribution < 1.29 is 9.47 Å². The Morgan fingerprint density at radius 3 is 1.87 bits per heavy atom. The molecule has 0 bridgehead atoms. The highest BCUT2D eigenvalue weighted by atomic mass is 32.2. The smallest absolute Gasteiger partial charge is 0.0625 e. The standard InChI is InChI=1S/C48H75NO2S2/c1-4-15-39-32(9-1)33-24-23-30(27-42(33)51-39)49(38-14-8-17-41-45(38)36-10-2-5-16-40(36)50-41)29-21-19-28(20-22-29)31-12-7-13-34-35-25-26-44-46(48(35)53-47(31)34)37-11-3-6-18-43(37)52-44/h28-48H,1-27H2. The molecule has 19 atom stereocenters. The molecule has 8 saturated carbocycles. The van der Waals surface area contributed by atoms with E-state index in [1.54, 1.807) is 57.8 Å². The van der Waals surface area contributed by atoms with Crippen LogP contribution in [0.15, 0.2) is 0 Å². The molecule has 5 heteroatoms. The van der Waals surface area contributed by atoms with Gasteiger partial charge in [0.05, 0.1) is 24.4 Å². The van der Waals surface area contributed by atoms with E-state index in [2.05, 4.69) is 28.4 Å². The van der Waals surface area contributed by atoms with Gasteiger partial charge in [0.1, 0.15) is 0 Å². The van der Waals surface area contributed by atoms with Crippen molar-refractivity contribution in [2.75, 3.05) is 0 Å². The van der Waals surface area contributed by atoms with Gasteiger partial charge in [-0.2, -0.15) is 23.5 Å². The zero-order valence-corrected chi connectivity index (χ0v) is 34.9. The molecule has 0 amide bonds. The zero-order chi connectivity index (χ0) is 34.6. The van der Waals surface area contributed by atoms with E-state index in [-0.39, 0.29) is 0 Å². The monoisotopic (exact) mass is 762 g/mol. The summed E-state index contributed by atoms with van der Waals surface area (Å²) >= 11 is 5.16. The van der Waals surface area contributed by atoms with Crippen LogP contribution in [-0.2, 0) is 9.47 Å². The molecular formula is C48H75NO2S2. The molecule has 0 spiro atoms. The number of hydrogen-bond donors (Lipinski definition) is 0. The summed E-state index contributed by atoms with van der Waals surface area (Å²) in [6, 6.07) is 2.36. The molecular weight excluding hydrogens is 687 g/mol. The third-order valence-electron chi connectivity index (χ3n) is 19.9. The van der Waals surface area contributed by atoms with Crippen LogP contribution in [0.2, 0.25) is 0 Å². The maximum absolute atomic E-state index is 7.07. The highest BCUT2D eigenvalue weighted by Crippen LogP contribution is 2.66. The van der Waals surface area contributed by atoms with Crippen molar-refractivity contribution in [2.24, 2.45) is 59.2 Å². The molecule has 12 rings (SSSR count). The number of hydrogen-bond acceptors (Lipinski definition) is 5. The zero-order valence-electron chi connectivity index (χ0n) is 33.3. The third-order valence-corrected chi connectivity index (χ3v) is 23.7. The second kappa shape index (κ2) is 14.7. The van der Waals surface area contributed by atoms with Gasteiger partial charge in [-0.25, -0.2) is 0 Å². The minimum atomic E-state index is 0.561. The number of rotatable bonds is 4. The summed E-state index contributed by atoms with van der Waals surface area (Å²) in [5.41, 5.74) is 0. The van der Waals surface area contributed by atoms with E-state index in [4.69, 9.17) is 9.47 Å². The summed E-state index contributed by atoms with van der Waals surface area (Å²) in [6.07, 6.45) is 42.3. The highest BCUT2D eigenvalue weighted by molar-refractivity contribution is 8.02. The lowest BCUT2D eigenvalue weighted by molar-refractivity contribution is -0.0705. The fourth-order valence-electron chi connectivity index (χ4n) is 18.0. The number of thioether (sulfide) groups is 2. The normalized spacial score (nSPS) is 57.3. The Balaban J connectivity index is 0.778. The van der Waals surface area contributed by atoms with Crippen molar-refractivity contribution in [2.45, 2.75) is 237 Å². The maximum Gasteiger partial charge on any atom is 0.0625 e. The molecule has 4 saturated heterocycles. The Kier molecular flexibility index (Phi) is 9.85. The predicted molar refractivity (Wildman–Crippen MR) is 220 cm³/mol. The molecule has 19 unspecified atom stereocenters. The molecule has 0 N–H and O–H groups in total. The van der Waals surface area contributed by atoms with Crippen LogP contribution in [0.1, 0.15) is 173 Å². The van der Waals surface area contributed by atoms with Gasteiger partial charge in [0.2, 0.25) is 0 Å². The first kappa shape index (κ1) is 35.5. The van der Waals surface area contributed by atoms with Crippen molar-refractivity contribution in [3.05, 3.63) is 0 Å². The van der Waals surface area contributed by atoms with Crippen molar-refractivity contribution in [1.82, 2.24) is 4.90 Å². The van der Waals surface area contributed by atoms with Gasteiger partial charge >= 0.3 is 0 Å². The van der Waals surface area contributed by atoms with E-state index < -0.39 is 0 Å². The third kappa shape index (κ3) is 6.01. The Hall–Kier alpha value is 0.580.